The fourth-order valence-electron chi connectivity index (χ4n) is 0. The first-order chi connectivity index (χ1) is 2.27. The lowest BCUT2D eigenvalue weighted by molar-refractivity contribution is -0.116. The summed E-state index contributed by atoms with van der Waals surface area (Å²) < 4.78 is 0. The molecule has 0 bridgehead atoms. The zero-order chi connectivity index (χ0) is 4.28. The molecule has 0 unspecified atom stereocenters. The van der Waals surface area contributed by atoms with Gasteiger partial charge in [-0.05, 0) is 6.92 Å². The van der Waals surface area contributed by atoms with Gasteiger partial charge in [0.15, 0.2) is 5.78 Å². The second-order valence-corrected chi connectivity index (χ2v) is 0.740. The van der Waals surface area contributed by atoms with Gasteiger partial charge in [0.05, 0.1) is 0 Å². The number of carbonyl (C=O) groups is 1. The quantitative estimate of drug-likeness (QED) is 0.478. The summed E-state index contributed by atoms with van der Waals surface area (Å²) in [5.74, 6) is -0.315. The van der Waals surface area contributed by atoms with E-state index in [-0.39, 0.29) is 5.78 Å². The number of aliphatic hydroxyl groups excluding tert-OH is 1. The van der Waals surface area contributed by atoms with Crippen molar-refractivity contribution in [2.24, 2.45) is 0 Å². The molecule has 0 heterocycles. The normalized spacial score (nSPS) is 7.60. The third kappa shape index (κ3) is 3.63. The van der Waals surface area contributed by atoms with Crippen LogP contribution in [-0.2, 0) is 4.79 Å². The Morgan fingerprint density at radius 2 is 2.20 bits per heavy atom. The Kier molecular flexibility index (Phi) is 1.76. The van der Waals surface area contributed by atoms with Crippen molar-refractivity contribution < 1.29 is 9.90 Å². The summed E-state index contributed by atoms with van der Waals surface area (Å²) in [6, 6.07) is 0. The summed E-state index contributed by atoms with van der Waals surface area (Å²) in [5, 5.41) is 7.67. The fourth-order valence-corrected chi connectivity index (χ4v) is 0. The van der Waals surface area contributed by atoms with Crippen molar-refractivity contribution >= 4 is 5.78 Å². The SMILES string of the molecule is CC(=O)[CH]O. The molecule has 0 saturated carbocycles. The molecule has 1 radical (unpaired) electrons. The van der Waals surface area contributed by atoms with Crippen molar-refractivity contribution in [1.29, 1.82) is 0 Å². The van der Waals surface area contributed by atoms with Crippen molar-refractivity contribution in [3.63, 3.8) is 0 Å². The van der Waals surface area contributed by atoms with Crippen LogP contribution in [0.4, 0.5) is 0 Å². The standard InChI is InChI=1S/C3H5O2/c1-3(5)2-4/h2,4H,1H3. The Morgan fingerprint density at radius 3 is 2.20 bits per heavy atom. The molecular formula is C3H5O2. The van der Waals surface area contributed by atoms with E-state index < -0.39 is 0 Å². The highest BCUT2D eigenvalue weighted by Gasteiger charge is 1.80. The summed E-state index contributed by atoms with van der Waals surface area (Å²) in [5.41, 5.74) is 0. The number of carbonyl (C=O) groups excluding carboxylic acids is 1. The molecule has 0 aromatic heterocycles. The van der Waals surface area contributed by atoms with Gasteiger partial charge >= 0.3 is 0 Å². The predicted molar refractivity (Wildman–Crippen MR) is 16.9 cm³/mol. The van der Waals surface area contributed by atoms with Crippen LogP contribution in [0.25, 0.3) is 0 Å². The van der Waals surface area contributed by atoms with E-state index in [2.05, 4.69) is 0 Å². The fraction of sp³-hybridized carbons (Fsp3) is 0.333. The molecule has 0 aromatic carbocycles. The Labute approximate surface area is 30.4 Å². The van der Waals surface area contributed by atoms with E-state index in [9.17, 15) is 4.79 Å². The molecule has 0 aliphatic carbocycles. The van der Waals surface area contributed by atoms with Crippen LogP contribution in [0.1, 0.15) is 6.92 Å². The van der Waals surface area contributed by atoms with Gasteiger partial charge in [0, 0.05) is 0 Å². The molecule has 0 aliphatic heterocycles. The smallest absolute Gasteiger partial charge is 0.161 e. The molecule has 0 atom stereocenters. The average molecular weight is 73.1 g/mol. The highest BCUT2D eigenvalue weighted by Crippen LogP contribution is 1.64. The summed E-state index contributed by atoms with van der Waals surface area (Å²) in [6.45, 7) is 1.81. The maximum absolute atomic E-state index is 9.51. The highest BCUT2D eigenvalue weighted by molar-refractivity contribution is 5.82. The molecule has 29 valence electrons. The zero-order valence-electron chi connectivity index (χ0n) is 2.93. The lowest BCUT2D eigenvalue weighted by Gasteiger charge is -1.70. The first kappa shape index (κ1) is 4.63. The minimum Gasteiger partial charge on any atom is -0.382 e. The minimum absolute atomic E-state index is 0.315. The number of rotatable bonds is 1. The Hall–Kier alpha value is -0.370. The van der Waals surface area contributed by atoms with E-state index in [1.54, 1.807) is 0 Å². The van der Waals surface area contributed by atoms with E-state index >= 15 is 0 Å². The van der Waals surface area contributed by atoms with Crippen molar-refractivity contribution in [1.82, 2.24) is 0 Å². The topological polar surface area (TPSA) is 37.3 Å². The molecule has 0 saturated heterocycles. The summed E-state index contributed by atoms with van der Waals surface area (Å²) in [4.78, 5) is 9.51. The van der Waals surface area contributed by atoms with Crippen LogP contribution < -0.4 is 0 Å². The van der Waals surface area contributed by atoms with E-state index in [1.165, 1.54) is 6.92 Å². The van der Waals surface area contributed by atoms with Crippen LogP contribution in [0.2, 0.25) is 0 Å². The Balaban J connectivity index is 2.85. The number of ketones is 1. The molecule has 0 spiro atoms. The molecule has 2 nitrogen and oxygen atoms in total. The summed E-state index contributed by atoms with van der Waals surface area (Å²) >= 11 is 0. The van der Waals surface area contributed by atoms with Crippen LogP contribution >= 0.6 is 0 Å². The van der Waals surface area contributed by atoms with Gasteiger partial charge in [0.2, 0.25) is 0 Å². The minimum atomic E-state index is -0.315. The van der Waals surface area contributed by atoms with Crippen LogP contribution in [-0.4, -0.2) is 10.9 Å². The van der Waals surface area contributed by atoms with Gasteiger partial charge in [-0.15, -0.1) is 0 Å². The van der Waals surface area contributed by atoms with Crippen LogP contribution in [0.3, 0.4) is 0 Å². The number of Topliss-reactive ketones (excluding diaryl/α,β-unsaturated/α-hetero) is 1. The van der Waals surface area contributed by atoms with Crippen molar-refractivity contribution in [2.45, 2.75) is 6.92 Å². The van der Waals surface area contributed by atoms with Gasteiger partial charge in [-0.25, -0.2) is 0 Å². The van der Waals surface area contributed by atoms with Gasteiger partial charge in [0.1, 0.15) is 6.61 Å². The first-order valence-electron chi connectivity index (χ1n) is 1.25. The van der Waals surface area contributed by atoms with Gasteiger partial charge in [-0.1, -0.05) is 0 Å². The maximum Gasteiger partial charge on any atom is 0.161 e. The van der Waals surface area contributed by atoms with Crippen molar-refractivity contribution in [3.05, 3.63) is 6.61 Å². The van der Waals surface area contributed by atoms with E-state index in [4.69, 9.17) is 5.11 Å². The van der Waals surface area contributed by atoms with Gasteiger partial charge in [0.25, 0.3) is 0 Å². The number of aliphatic hydroxyl groups is 1. The molecule has 1 N–H and O–H groups in total. The summed E-state index contributed by atoms with van der Waals surface area (Å²) in [6.07, 6.45) is 0. The van der Waals surface area contributed by atoms with Crippen LogP contribution in [0.5, 0.6) is 0 Å². The predicted octanol–water partition coefficient (Wildman–Crippen LogP) is 0.110. The molecule has 0 fully saturated rings. The van der Waals surface area contributed by atoms with Crippen LogP contribution in [0.15, 0.2) is 0 Å². The highest BCUT2D eigenvalue weighted by atomic mass is 16.3. The van der Waals surface area contributed by atoms with E-state index in [0.29, 0.717) is 6.61 Å². The summed E-state index contributed by atoms with van der Waals surface area (Å²) in [7, 11) is 0. The lowest BCUT2D eigenvalue weighted by atomic mass is 10.5. The lowest BCUT2D eigenvalue weighted by Crippen LogP contribution is -1.85. The monoisotopic (exact) mass is 73.0 g/mol. The first-order valence-corrected chi connectivity index (χ1v) is 1.25. The molecule has 5 heavy (non-hydrogen) atoms. The Bertz CT molecular complexity index is 40.2. The maximum atomic E-state index is 9.51. The van der Waals surface area contributed by atoms with Crippen molar-refractivity contribution in [2.75, 3.05) is 0 Å². The molecule has 0 rings (SSSR count). The second-order valence-electron chi connectivity index (χ2n) is 0.740. The molecule has 0 aliphatic rings. The third-order valence-electron chi connectivity index (χ3n) is 0.182. The Morgan fingerprint density at radius 1 is 2.00 bits per heavy atom. The van der Waals surface area contributed by atoms with Gasteiger partial charge in [-0.2, -0.15) is 0 Å². The van der Waals surface area contributed by atoms with Gasteiger partial charge < -0.3 is 5.11 Å². The molecule has 0 amide bonds. The molecular weight excluding hydrogens is 68.0 g/mol. The zero-order valence-corrected chi connectivity index (χ0v) is 2.93. The average Bonchev–Trinajstić information content (AvgIpc) is 1.38. The number of hydrogen-bond acceptors (Lipinski definition) is 2. The third-order valence-corrected chi connectivity index (χ3v) is 0.182. The largest absolute Gasteiger partial charge is 0.382 e. The number of hydrogen-bond donors (Lipinski definition) is 1. The molecule has 2 heteroatoms. The van der Waals surface area contributed by atoms with E-state index in [1.807, 2.05) is 0 Å². The van der Waals surface area contributed by atoms with E-state index in [0.717, 1.165) is 0 Å². The van der Waals surface area contributed by atoms with Crippen molar-refractivity contribution in [3.8, 4) is 0 Å². The van der Waals surface area contributed by atoms with Gasteiger partial charge in [-0.3, -0.25) is 4.79 Å². The second kappa shape index (κ2) is 1.91. The van der Waals surface area contributed by atoms with Crippen LogP contribution in [0, 0.1) is 6.61 Å². The molecule has 0 aromatic rings.